The summed E-state index contributed by atoms with van der Waals surface area (Å²) in [7, 11) is -3.09. The lowest BCUT2D eigenvalue weighted by Gasteiger charge is -2.29. The van der Waals surface area contributed by atoms with Crippen molar-refractivity contribution in [3.05, 3.63) is 82.3 Å². The van der Waals surface area contributed by atoms with Crippen molar-refractivity contribution in [2.45, 2.75) is 25.4 Å². The smallest absolute Gasteiger partial charge is 0.227 e. The quantitative estimate of drug-likeness (QED) is 0.555. The molecule has 150 valence electrons. The molecule has 1 unspecified atom stereocenters. The predicted octanol–water partition coefficient (Wildman–Crippen LogP) is 4.36. The number of carbonyl (C=O) groups is 1. The highest BCUT2D eigenvalue weighted by Gasteiger charge is 2.34. The fourth-order valence-corrected chi connectivity index (χ4v) is 6.16. The molecule has 1 amide bonds. The van der Waals surface area contributed by atoms with Gasteiger partial charge in [0.15, 0.2) is 9.84 Å². The first-order valence-corrected chi connectivity index (χ1v) is 12.2. The van der Waals surface area contributed by atoms with Crippen molar-refractivity contribution in [3.8, 4) is 0 Å². The Kier molecular flexibility index (Phi) is 5.74. The molecule has 1 fully saturated rings. The predicted molar refractivity (Wildman–Crippen MR) is 119 cm³/mol. The summed E-state index contributed by atoms with van der Waals surface area (Å²) in [6, 6.07) is 21.5. The van der Waals surface area contributed by atoms with Crippen LogP contribution in [0.25, 0.3) is 10.8 Å². The maximum Gasteiger partial charge on any atom is 0.227 e. The van der Waals surface area contributed by atoms with Crippen LogP contribution in [0.3, 0.4) is 0 Å². The van der Waals surface area contributed by atoms with Crippen molar-refractivity contribution in [2.24, 2.45) is 0 Å². The Labute approximate surface area is 179 Å². The second-order valence-corrected chi connectivity index (χ2v) is 10.7. The van der Waals surface area contributed by atoms with Gasteiger partial charge in [0.2, 0.25) is 5.91 Å². The summed E-state index contributed by atoms with van der Waals surface area (Å²) in [5.74, 6) is 0.152. The number of nitrogens with zero attached hydrogens (tertiary/aromatic N) is 1. The van der Waals surface area contributed by atoms with Crippen molar-refractivity contribution < 1.29 is 13.2 Å². The Balaban J connectivity index is 1.63. The van der Waals surface area contributed by atoms with Crippen molar-refractivity contribution in [3.63, 3.8) is 0 Å². The van der Waals surface area contributed by atoms with Crippen LogP contribution in [0.15, 0.2) is 71.2 Å². The summed E-state index contributed by atoms with van der Waals surface area (Å²) < 4.78 is 25.1. The molecular formula is C23H22BrNO3S. The normalized spacial score (nSPS) is 18.0. The molecule has 1 aliphatic rings. The molecule has 4 rings (SSSR count). The van der Waals surface area contributed by atoms with Gasteiger partial charge in [-0.1, -0.05) is 70.5 Å². The maximum absolute atomic E-state index is 13.4. The monoisotopic (exact) mass is 471 g/mol. The fraction of sp³-hybridized carbons (Fsp3) is 0.261. The molecule has 0 N–H and O–H groups in total. The minimum atomic E-state index is -3.09. The van der Waals surface area contributed by atoms with Crippen LogP contribution in [0.5, 0.6) is 0 Å². The highest BCUT2D eigenvalue weighted by molar-refractivity contribution is 9.10. The molecule has 4 nitrogen and oxygen atoms in total. The molecular weight excluding hydrogens is 450 g/mol. The molecule has 0 aromatic heterocycles. The van der Waals surface area contributed by atoms with E-state index >= 15 is 0 Å². The van der Waals surface area contributed by atoms with Gasteiger partial charge in [-0.25, -0.2) is 8.42 Å². The second kappa shape index (κ2) is 8.28. The third-order valence-electron chi connectivity index (χ3n) is 5.43. The SMILES string of the molecule is O=C(Cc1cccc2ccccc12)N(Cc1cccc(Br)c1)C1CCS(=O)(=O)C1. The molecule has 6 heteroatoms. The first kappa shape index (κ1) is 20.1. The molecule has 0 spiro atoms. The van der Waals surface area contributed by atoms with Gasteiger partial charge in [-0.15, -0.1) is 0 Å². The van der Waals surface area contributed by atoms with Crippen LogP contribution in [0.2, 0.25) is 0 Å². The van der Waals surface area contributed by atoms with Crippen LogP contribution in [-0.4, -0.2) is 36.8 Å². The van der Waals surface area contributed by atoms with Crippen LogP contribution in [0.1, 0.15) is 17.5 Å². The first-order chi connectivity index (χ1) is 13.9. The van der Waals surface area contributed by atoms with Crippen LogP contribution in [0, 0.1) is 0 Å². The summed E-state index contributed by atoms with van der Waals surface area (Å²) in [6.45, 7) is 0.406. The molecule has 0 radical (unpaired) electrons. The van der Waals surface area contributed by atoms with Crippen LogP contribution < -0.4 is 0 Å². The minimum Gasteiger partial charge on any atom is -0.334 e. The number of rotatable bonds is 5. The van der Waals surface area contributed by atoms with Crippen molar-refractivity contribution in [1.29, 1.82) is 0 Å². The molecule has 3 aromatic rings. The number of halogens is 1. The van der Waals surface area contributed by atoms with E-state index in [4.69, 9.17) is 0 Å². The van der Waals surface area contributed by atoms with E-state index in [0.29, 0.717) is 13.0 Å². The molecule has 1 heterocycles. The van der Waals surface area contributed by atoms with Crippen LogP contribution in [-0.2, 0) is 27.6 Å². The Morgan fingerprint density at radius 1 is 1.03 bits per heavy atom. The Bertz CT molecular complexity index is 1150. The third-order valence-corrected chi connectivity index (χ3v) is 7.68. The summed E-state index contributed by atoms with van der Waals surface area (Å²) in [4.78, 5) is 15.1. The number of hydrogen-bond acceptors (Lipinski definition) is 3. The standard InChI is InChI=1S/C23H22BrNO3S/c24-20-9-3-5-17(13-20)15-25(21-11-12-29(27,28)16-21)23(26)14-19-8-4-7-18-6-1-2-10-22(18)19/h1-10,13,21H,11-12,14-16H2. The number of hydrogen-bond donors (Lipinski definition) is 0. The topological polar surface area (TPSA) is 54.5 Å². The number of fused-ring (bicyclic) bond motifs is 1. The summed E-state index contributed by atoms with van der Waals surface area (Å²) in [5.41, 5.74) is 1.95. The van der Waals surface area contributed by atoms with Gasteiger partial charge in [-0.3, -0.25) is 4.79 Å². The second-order valence-electron chi connectivity index (χ2n) is 7.52. The largest absolute Gasteiger partial charge is 0.334 e. The lowest BCUT2D eigenvalue weighted by Crippen LogP contribution is -2.41. The van der Waals surface area contributed by atoms with E-state index in [1.54, 1.807) is 4.90 Å². The van der Waals surface area contributed by atoms with E-state index in [-0.39, 0.29) is 29.9 Å². The molecule has 1 aliphatic heterocycles. The van der Waals surface area contributed by atoms with E-state index < -0.39 is 9.84 Å². The molecule has 0 aliphatic carbocycles. The zero-order valence-electron chi connectivity index (χ0n) is 15.9. The van der Waals surface area contributed by atoms with Gasteiger partial charge in [0.25, 0.3) is 0 Å². The zero-order chi connectivity index (χ0) is 20.4. The molecule has 0 saturated carbocycles. The average molecular weight is 472 g/mol. The highest BCUT2D eigenvalue weighted by Crippen LogP contribution is 2.24. The fourth-order valence-electron chi connectivity index (χ4n) is 3.99. The summed E-state index contributed by atoms with van der Waals surface area (Å²) >= 11 is 3.47. The molecule has 29 heavy (non-hydrogen) atoms. The van der Waals surface area contributed by atoms with Gasteiger partial charge in [-0.05, 0) is 40.5 Å². The van der Waals surface area contributed by atoms with E-state index in [2.05, 4.69) is 15.9 Å². The Morgan fingerprint density at radius 3 is 2.55 bits per heavy atom. The maximum atomic E-state index is 13.4. The Hall–Kier alpha value is -2.18. The van der Waals surface area contributed by atoms with E-state index in [1.165, 1.54) is 0 Å². The molecule has 3 aromatic carbocycles. The number of carbonyl (C=O) groups excluding carboxylic acids is 1. The molecule has 0 bridgehead atoms. The molecule has 1 atom stereocenters. The Morgan fingerprint density at radius 2 is 1.79 bits per heavy atom. The first-order valence-electron chi connectivity index (χ1n) is 9.62. The lowest BCUT2D eigenvalue weighted by atomic mass is 10.0. The van der Waals surface area contributed by atoms with Gasteiger partial charge in [-0.2, -0.15) is 0 Å². The van der Waals surface area contributed by atoms with Gasteiger partial charge >= 0.3 is 0 Å². The minimum absolute atomic E-state index is 0.0385. The number of benzene rings is 3. The van der Waals surface area contributed by atoms with Gasteiger partial charge in [0, 0.05) is 17.1 Å². The van der Waals surface area contributed by atoms with Crippen molar-refractivity contribution >= 4 is 42.4 Å². The van der Waals surface area contributed by atoms with Crippen LogP contribution in [0.4, 0.5) is 0 Å². The van der Waals surface area contributed by atoms with E-state index in [9.17, 15) is 13.2 Å². The van der Waals surface area contributed by atoms with Gasteiger partial charge in [0.05, 0.1) is 17.9 Å². The van der Waals surface area contributed by atoms with E-state index in [0.717, 1.165) is 26.4 Å². The van der Waals surface area contributed by atoms with Crippen LogP contribution >= 0.6 is 15.9 Å². The lowest BCUT2D eigenvalue weighted by molar-refractivity contribution is -0.133. The third kappa shape index (κ3) is 4.70. The number of sulfone groups is 1. The zero-order valence-corrected chi connectivity index (χ0v) is 18.3. The van der Waals surface area contributed by atoms with Crippen molar-refractivity contribution in [2.75, 3.05) is 11.5 Å². The van der Waals surface area contributed by atoms with Gasteiger partial charge in [0.1, 0.15) is 0 Å². The molecule has 1 saturated heterocycles. The summed E-state index contributed by atoms with van der Waals surface area (Å²) in [6.07, 6.45) is 0.753. The van der Waals surface area contributed by atoms with E-state index in [1.807, 2.05) is 66.7 Å². The number of amides is 1. The summed E-state index contributed by atoms with van der Waals surface area (Å²) in [5, 5.41) is 2.16. The van der Waals surface area contributed by atoms with Gasteiger partial charge < -0.3 is 4.90 Å². The van der Waals surface area contributed by atoms with Crippen molar-refractivity contribution in [1.82, 2.24) is 4.90 Å². The highest BCUT2D eigenvalue weighted by atomic mass is 79.9. The average Bonchev–Trinajstić information content (AvgIpc) is 3.06.